The van der Waals surface area contributed by atoms with Crippen LogP contribution in [0.1, 0.15) is 31.2 Å². The normalized spacial score (nSPS) is 25.5. The molecular formula is C15H18BN3O2. The molecule has 2 aliphatic heterocycles. The minimum Gasteiger partial charge on any atom is -0.423 e. The van der Waals surface area contributed by atoms with Crippen LogP contribution in [-0.4, -0.2) is 35.2 Å². The van der Waals surface area contributed by atoms with Crippen LogP contribution in [-0.2, 0) is 10.3 Å². The quantitative estimate of drug-likeness (QED) is 0.621. The van der Waals surface area contributed by atoms with Gasteiger partial charge in [0, 0.05) is 23.2 Å². The average Bonchev–Trinajstić information content (AvgIpc) is 3.02. The Balaban J connectivity index is 1.61. The van der Waals surface area contributed by atoms with Crippen molar-refractivity contribution < 1.29 is 9.68 Å². The molecule has 0 radical (unpaired) electrons. The second kappa shape index (κ2) is 3.88. The van der Waals surface area contributed by atoms with E-state index in [4.69, 9.17) is 4.65 Å². The SMILES string of the molecule is OB1OC2(CC3(CCNCC3)C2)c2c1cnc1[nH]ccc21. The van der Waals surface area contributed by atoms with E-state index in [0.717, 1.165) is 42.4 Å². The van der Waals surface area contributed by atoms with Gasteiger partial charge < -0.3 is 20.0 Å². The third kappa shape index (κ3) is 1.50. The van der Waals surface area contributed by atoms with Crippen molar-refractivity contribution in [2.75, 3.05) is 13.1 Å². The summed E-state index contributed by atoms with van der Waals surface area (Å²) >= 11 is 0. The van der Waals surface area contributed by atoms with Crippen LogP contribution >= 0.6 is 0 Å². The van der Waals surface area contributed by atoms with Gasteiger partial charge in [-0.3, -0.25) is 0 Å². The summed E-state index contributed by atoms with van der Waals surface area (Å²) in [6, 6.07) is 2.05. The average molecular weight is 283 g/mol. The van der Waals surface area contributed by atoms with Crippen molar-refractivity contribution >= 4 is 23.6 Å². The van der Waals surface area contributed by atoms with Gasteiger partial charge in [0.05, 0.1) is 5.60 Å². The highest BCUT2D eigenvalue weighted by atomic mass is 16.5. The van der Waals surface area contributed by atoms with Gasteiger partial charge in [-0.05, 0) is 55.8 Å². The number of rotatable bonds is 0. The van der Waals surface area contributed by atoms with E-state index in [1.807, 2.05) is 6.20 Å². The summed E-state index contributed by atoms with van der Waals surface area (Å²) in [5.41, 5.74) is 3.02. The lowest BCUT2D eigenvalue weighted by molar-refractivity contribution is -0.128. The van der Waals surface area contributed by atoms with Crippen LogP contribution in [0.5, 0.6) is 0 Å². The first-order valence-corrected chi connectivity index (χ1v) is 7.75. The standard InChI is InChI=1S/C15H18BN3O2/c20-16-11-7-19-13-10(1-4-18-13)12(11)15(21-16)8-14(9-15)2-5-17-6-3-14/h1,4,7,17,20H,2-3,5-6,8-9H2,(H,18,19). The fourth-order valence-corrected chi connectivity index (χ4v) is 4.79. The van der Waals surface area contributed by atoms with E-state index in [-0.39, 0.29) is 5.60 Å². The topological polar surface area (TPSA) is 70.2 Å². The van der Waals surface area contributed by atoms with Gasteiger partial charge in [0.15, 0.2) is 0 Å². The number of nitrogens with one attached hydrogen (secondary N) is 2. The maximum absolute atomic E-state index is 10.3. The van der Waals surface area contributed by atoms with Crippen LogP contribution in [0.25, 0.3) is 11.0 Å². The van der Waals surface area contributed by atoms with Crippen molar-refractivity contribution in [3.05, 3.63) is 24.0 Å². The summed E-state index contributed by atoms with van der Waals surface area (Å²) in [5, 5.41) is 14.8. The van der Waals surface area contributed by atoms with Crippen LogP contribution in [0.15, 0.2) is 18.5 Å². The molecule has 3 N–H and O–H groups in total. The molecule has 1 saturated carbocycles. The van der Waals surface area contributed by atoms with Crippen LogP contribution in [0, 0.1) is 5.41 Å². The van der Waals surface area contributed by atoms with Gasteiger partial charge >= 0.3 is 7.12 Å². The highest BCUT2D eigenvalue weighted by molar-refractivity contribution is 6.62. The lowest BCUT2D eigenvalue weighted by Gasteiger charge is -2.57. The largest absolute Gasteiger partial charge is 0.493 e. The predicted octanol–water partition coefficient (Wildman–Crippen LogP) is 0.639. The van der Waals surface area contributed by atoms with Crippen molar-refractivity contribution in [3.8, 4) is 0 Å². The zero-order valence-electron chi connectivity index (χ0n) is 11.9. The molecule has 6 heteroatoms. The first-order valence-electron chi connectivity index (χ1n) is 7.75. The van der Waals surface area contributed by atoms with Gasteiger partial charge in [-0.15, -0.1) is 0 Å². The number of hydrogen-bond donors (Lipinski definition) is 3. The molecule has 0 bridgehead atoms. The number of piperidine rings is 1. The summed E-state index contributed by atoms with van der Waals surface area (Å²) < 4.78 is 6.04. The van der Waals surface area contributed by atoms with Crippen molar-refractivity contribution in [2.45, 2.75) is 31.3 Å². The molecule has 1 saturated heterocycles. The second-order valence-corrected chi connectivity index (χ2v) is 6.90. The predicted molar refractivity (Wildman–Crippen MR) is 80.2 cm³/mol. The van der Waals surface area contributed by atoms with Crippen molar-refractivity contribution in [1.29, 1.82) is 0 Å². The van der Waals surface area contributed by atoms with E-state index in [1.54, 1.807) is 6.20 Å². The fraction of sp³-hybridized carbons (Fsp3) is 0.533. The minimum absolute atomic E-state index is 0.296. The molecular weight excluding hydrogens is 265 g/mol. The Morgan fingerprint density at radius 1 is 1.29 bits per heavy atom. The van der Waals surface area contributed by atoms with Gasteiger partial charge in [0.25, 0.3) is 0 Å². The van der Waals surface area contributed by atoms with Crippen LogP contribution in [0.4, 0.5) is 0 Å². The minimum atomic E-state index is -0.828. The van der Waals surface area contributed by atoms with E-state index in [2.05, 4.69) is 21.4 Å². The molecule has 3 aliphatic rings. The molecule has 1 aliphatic carbocycles. The van der Waals surface area contributed by atoms with Crippen LogP contribution in [0.2, 0.25) is 0 Å². The third-order valence-electron chi connectivity index (χ3n) is 5.66. The van der Waals surface area contributed by atoms with Gasteiger partial charge in [-0.1, -0.05) is 0 Å². The van der Waals surface area contributed by atoms with E-state index >= 15 is 0 Å². The Bertz CT molecular complexity index is 715. The first kappa shape index (κ1) is 12.2. The third-order valence-corrected chi connectivity index (χ3v) is 5.66. The van der Waals surface area contributed by atoms with Crippen molar-refractivity contribution in [3.63, 3.8) is 0 Å². The van der Waals surface area contributed by atoms with Crippen molar-refractivity contribution in [2.24, 2.45) is 5.41 Å². The maximum Gasteiger partial charge on any atom is 0.493 e. The van der Waals surface area contributed by atoms with E-state index in [1.165, 1.54) is 18.4 Å². The molecule has 2 aromatic rings. The van der Waals surface area contributed by atoms with Gasteiger partial charge in [0.1, 0.15) is 5.65 Å². The molecule has 2 fully saturated rings. The lowest BCUT2D eigenvalue weighted by Crippen LogP contribution is -2.54. The molecule has 0 amide bonds. The zero-order chi connectivity index (χ0) is 14.1. The fourth-order valence-electron chi connectivity index (χ4n) is 4.79. The number of fused-ring (bicyclic) bond motifs is 4. The summed E-state index contributed by atoms with van der Waals surface area (Å²) in [4.78, 5) is 7.55. The van der Waals surface area contributed by atoms with Gasteiger partial charge in [-0.2, -0.15) is 0 Å². The molecule has 4 heterocycles. The summed E-state index contributed by atoms with van der Waals surface area (Å²) in [6.45, 7) is 2.20. The molecule has 21 heavy (non-hydrogen) atoms. The van der Waals surface area contributed by atoms with Gasteiger partial charge in [0.2, 0.25) is 0 Å². The molecule has 0 atom stereocenters. The molecule has 5 nitrogen and oxygen atoms in total. The summed E-state index contributed by atoms with van der Waals surface area (Å²) in [5.74, 6) is 0. The van der Waals surface area contributed by atoms with E-state index in [9.17, 15) is 5.02 Å². The number of nitrogens with zero attached hydrogens (tertiary/aromatic N) is 1. The number of H-pyrrole nitrogens is 1. The van der Waals surface area contributed by atoms with E-state index < -0.39 is 7.12 Å². The number of aromatic nitrogens is 2. The Morgan fingerprint density at radius 3 is 2.90 bits per heavy atom. The Kier molecular flexibility index (Phi) is 2.26. The summed E-state index contributed by atoms with van der Waals surface area (Å²) in [7, 11) is -0.828. The van der Waals surface area contributed by atoms with Gasteiger partial charge in [-0.25, -0.2) is 4.98 Å². The highest BCUT2D eigenvalue weighted by Gasteiger charge is 2.61. The molecule has 2 spiro atoms. The smallest absolute Gasteiger partial charge is 0.423 e. The number of aromatic amines is 1. The highest BCUT2D eigenvalue weighted by Crippen LogP contribution is 2.62. The van der Waals surface area contributed by atoms with Crippen LogP contribution in [0.3, 0.4) is 0 Å². The lowest BCUT2D eigenvalue weighted by atomic mass is 9.53. The number of hydrogen-bond acceptors (Lipinski definition) is 4. The van der Waals surface area contributed by atoms with Crippen molar-refractivity contribution in [1.82, 2.24) is 15.3 Å². The van der Waals surface area contributed by atoms with Crippen LogP contribution < -0.4 is 10.8 Å². The maximum atomic E-state index is 10.3. The Hall–Kier alpha value is -1.37. The summed E-state index contributed by atoms with van der Waals surface area (Å²) in [6.07, 6.45) is 8.15. The molecule has 5 rings (SSSR count). The monoisotopic (exact) mass is 283 g/mol. The molecule has 108 valence electrons. The molecule has 0 unspecified atom stereocenters. The Labute approximate surface area is 123 Å². The number of pyridine rings is 1. The van der Waals surface area contributed by atoms with E-state index in [0.29, 0.717) is 5.41 Å². The first-order chi connectivity index (χ1) is 10.2. The second-order valence-electron chi connectivity index (χ2n) is 6.90. The molecule has 0 aromatic carbocycles. The zero-order valence-corrected chi connectivity index (χ0v) is 11.9. The Morgan fingerprint density at radius 2 is 2.10 bits per heavy atom. The molecule has 2 aromatic heterocycles.